The van der Waals surface area contributed by atoms with Crippen molar-refractivity contribution in [1.82, 2.24) is 14.5 Å². The molecule has 0 heterocycles. The molecule has 2 amide bonds. The fourth-order valence-corrected chi connectivity index (χ4v) is 4.24. The quantitative estimate of drug-likeness (QED) is 0.363. The Morgan fingerprint density at radius 1 is 1.00 bits per heavy atom. The van der Waals surface area contributed by atoms with E-state index in [1.807, 2.05) is 37.3 Å². The second-order valence-electron chi connectivity index (χ2n) is 8.40. The summed E-state index contributed by atoms with van der Waals surface area (Å²) in [4.78, 5) is 27.8. The molecule has 1 atom stereocenters. The van der Waals surface area contributed by atoms with Gasteiger partial charge in [0.15, 0.2) is 0 Å². The molecule has 0 fully saturated rings. The molecule has 9 nitrogen and oxygen atoms in total. The van der Waals surface area contributed by atoms with Crippen LogP contribution in [0, 0.1) is 0 Å². The summed E-state index contributed by atoms with van der Waals surface area (Å²) in [6.07, 6.45) is 1.73. The zero-order valence-corrected chi connectivity index (χ0v) is 22.3. The van der Waals surface area contributed by atoms with Crippen molar-refractivity contribution < 1.29 is 27.5 Å². The van der Waals surface area contributed by atoms with Gasteiger partial charge < -0.3 is 19.7 Å². The van der Waals surface area contributed by atoms with Crippen LogP contribution in [-0.4, -0.2) is 75.1 Å². The van der Waals surface area contributed by atoms with Gasteiger partial charge in [-0.1, -0.05) is 42.5 Å². The molecule has 0 unspecified atom stereocenters. The number of hydrogen-bond acceptors (Lipinski definition) is 6. The van der Waals surface area contributed by atoms with Gasteiger partial charge in [-0.2, -0.15) is 4.31 Å². The van der Waals surface area contributed by atoms with Crippen LogP contribution in [0.1, 0.15) is 31.4 Å². The first-order valence-corrected chi connectivity index (χ1v) is 13.8. The van der Waals surface area contributed by atoms with Crippen molar-refractivity contribution in [2.75, 3.05) is 39.7 Å². The first kappa shape index (κ1) is 29.3. The van der Waals surface area contributed by atoms with Crippen LogP contribution in [0.2, 0.25) is 0 Å². The number of benzene rings is 2. The van der Waals surface area contributed by atoms with Crippen molar-refractivity contribution in [3.63, 3.8) is 0 Å². The Balaban J connectivity index is 2.21. The second kappa shape index (κ2) is 14.6. The van der Waals surface area contributed by atoms with Gasteiger partial charge >= 0.3 is 0 Å². The van der Waals surface area contributed by atoms with E-state index < -0.39 is 22.0 Å². The first-order valence-electron chi connectivity index (χ1n) is 11.9. The van der Waals surface area contributed by atoms with Gasteiger partial charge in [0.05, 0.1) is 19.9 Å². The number of carbonyl (C=O) groups excluding carboxylic acids is 2. The topological polar surface area (TPSA) is 105 Å². The fraction of sp³-hybridized carbons (Fsp3) is 0.462. The van der Waals surface area contributed by atoms with Gasteiger partial charge in [-0.3, -0.25) is 9.59 Å². The summed E-state index contributed by atoms with van der Waals surface area (Å²) in [6, 6.07) is 15.4. The third kappa shape index (κ3) is 9.60. The molecule has 36 heavy (non-hydrogen) atoms. The van der Waals surface area contributed by atoms with Crippen LogP contribution >= 0.6 is 0 Å². The Morgan fingerprint density at radius 2 is 1.64 bits per heavy atom. The van der Waals surface area contributed by atoms with Crippen molar-refractivity contribution in [2.45, 2.75) is 39.4 Å². The highest BCUT2D eigenvalue weighted by Gasteiger charge is 2.29. The largest absolute Gasteiger partial charge is 0.497 e. The van der Waals surface area contributed by atoms with E-state index in [4.69, 9.17) is 9.47 Å². The normalized spacial score (nSPS) is 12.2. The first-order chi connectivity index (χ1) is 17.2. The Bertz CT molecular complexity index is 1060. The molecule has 2 rings (SSSR count). The van der Waals surface area contributed by atoms with Gasteiger partial charge in [0.2, 0.25) is 21.8 Å². The average Bonchev–Trinajstić information content (AvgIpc) is 2.86. The van der Waals surface area contributed by atoms with Crippen molar-refractivity contribution in [3.05, 3.63) is 65.7 Å². The number of sulfonamides is 1. The lowest BCUT2D eigenvalue weighted by atomic mass is 10.1. The number of nitrogens with one attached hydrogen (secondary N) is 1. The van der Waals surface area contributed by atoms with Gasteiger partial charge in [0.1, 0.15) is 11.8 Å². The molecule has 0 aliphatic heterocycles. The lowest BCUT2D eigenvalue weighted by molar-refractivity contribution is -0.140. The van der Waals surface area contributed by atoms with E-state index in [-0.39, 0.29) is 25.5 Å². The minimum atomic E-state index is -3.69. The summed E-state index contributed by atoms with van der Waals surface area (Å²) in [6.45, 7) is 4.90. The molecule has 1 N–H and O–H groups in total. The number of hydrogen-bond donors (Lipinski definition) is 1. The third-order valence-electron chi connectivity index (χ3n) is 5.63. The maximum absolute atomic E-state index is 13.5. The van der Waals surface area contributed by atoms with Gasteiger partial charge in [-0.05, 0) is 43.5 Å². The van der Waals surface area contributed by atoms with Crippen molar-refractivity contribution in [1.29, 1.82) is 0 Å². The highest BCUT2D eigenvalue weighted by atomic mass is 32.2. The maximum atomic E-state index is 13.5. The van der Waals surface area contributed by atoms with E-state index in [2.05, 4.69) is 5.32 Å². The van der Waals surface area contributed by atoms with Crippen molar-refractivity contribution in [3.8, 4) is 5.75 Å². The lowest BCUT2D eigenvalue weighted by Crippen LogP contribution is -2.51. The van der Waals surface area contributed by atoms with Gasteiger partial charge in [-0.25, -0.2) is 8.42 Å². The van der Waals surface area contributed by atoms with E-state index in [0.29, 0.717) is 31.9 Å². The Labute approximate surface area is 214 Å². The smallest absolute Gasteiger partial charge is 0.242 e. The molecule has 0 aromatic heterocycles. The predicted octanol–water partition coefficient (Wildman–Crippen LogP) is 2.42. The minimum absolute atomic E-state index is 0.0554. The van der Waals surface area contributed by atoms with Crippen molar-refractivity contribution >= 4 is 21.8 Å². The number of carbonyl (C=O) groups is 2. The second-order valence-corrected chi connectivity index (χ2v) is 10.4. The molecule has 2 aromatic carbocycles. The number of amides is 2. The van der Waals surface area contributed by atoms with Crippen LogP contribution in [0.5, 0.6) is 5.75 Å². The zero-order valence-electron chi connectivity index (χ0n) is 21.5. The highest BCUT2D eigenvalue weighted by Crippen LogP contribution is 2.16. The minimum Gasteiger partial charge on any atom is -0.497 e. The molecule has 0 aliphatic carbocycles. The Hall–Kier alpha value is -2.95. The summed E-state index contributed by atoms with van der Waals surface area (Å²) in [5.41, 5.74) is 1.55. The van der Waals surface area contributed by atoms with Gasteiger partial charge in [0.25, 0.3) is 0 Å². The van der Waals surface area contributed by atoms with Gasteiger partial charge in [0, 0.05) is 32.8 Å². The molecule has 10 heteroatoms. The predicted molar refractivity (Wildman–Crippen MR) is 139 cm³/mol. The number of nitrogens with zero attached hydrogens (tertiary/aromatic N) is 2. The summed E-state index contributed by atoms with van der Waals surface area (Å²) in [5, 5.41) is 2.84. The molecule has 0 spiro atoms. The van der Waals surface area contributed by atoms with Crippen LogP contribution in [0.15, 0.2) is 54.6 Å². The van der Waals surface area contributed by atoms with E-state index in [9.17, 15) is 18.0 Å². The number of methoxy groups -OCH3 is 1. The van der Waals surface area contributed by atoms with E-state index >= 15 is 0 Å². The molecular formula is C26H37N3O6S. The van der Waals surface area contributed by atoms with E-state index in [0.717, 1.165) is 21.7 Å². The molecular weight excluding hydrogens is 482 g/mol. The molecule has 0 saturated heterocycles. The van der Waals surface area contributed by atoms with Crippen LogP contribution in [0.25, 0.3) is 0 Å². The SMILES string of the molecule is CCOCCCNC(=O)[C@H](C)N(Cc1ccc(OC)cc1)C(=O)CN(Cc1ccccc1)S(C)(=O)=O. The van der Waals surface area contributed by atoms with Gasteiger partial charge in [-0.15, -0.1) is 0 Å². The molecule has 2 aromatic rings. The summed E-state index contributed by atoms with van der Waals surface area (Å²) in [7, 11) is -2.12. The Morgan fingerprint density at radius 3 is 2.22 bits per heavy atom. The van der Waals surface area contributed by atoms with E-state index in [1.165, 1.54) is 4.90 Å². The molecule has 0 bridgehead atoms. The monoisotopic (exact) mass is 519 g/mol. The maximum Gasteiger partial charge on any atom is 0.242 e. The zero-order chi connectivity index (χ0) is 26.6. The molecule has 198 valence electrons. The summed E-state index contributed by atoms with van der Waals surface area (Å²) in [5.74, 6) is -0.116. The van der Waals surface area contributed by atoms with Crippen LogP contribution in [0.3, 0.4) is 0 Å². The van der Waals surface area contributed by atoms with E-state index in [1.54, 1.807) is 38.3 Å². The highest BCUT2D eigenvalue weighted by molar-refractivity contribution is 7.88. The summed E-state index contributed by atoms with van der Waals surface area (Å²) < 4.78 is 36.6. The van der Waals surface area contributed by atoms with Crippen molar-refractivity contribution in [2.24, 2.45) is 0 Å². The molecule has 0 aliphatic rings. The summed E-state index contributed by atoms with van der Waals surface area (Å²) >= 11 is 0. The average molecular weight is 520 g/mol. The van der Waals surface area contributed by atoms with Crippen LogP contribution in [0.4, 0.5) is 0 Å². The lowest BCUT2D eigenvalue weighted by Gasteiger charge is -2.31. The molecule has 0 radical (unpaired) electrons. The van der Waals surface area contributed by atoms with Crippen LogP contribution < -0.4 is 10.1 Å². The van der Waals surface area contributed by atoms with Crippen LogP contribution in [-0.2, 0) is 37.4 Å². The number of rotatable bonds is 15. The standard InChI is InChI=1S/C26H37N3O6S/c1-5-35-17-9-16-27-26(31)21(2)29(19-23-12-14-24(34-3)15-13-23)25(30)20-28(36(4,32)33)18-22-10-7-6-8-11-22/h6-8,10-15,21H,5,9,16-20H2,1-4H3,(H,27,31)/t21-/m0/s1. The fourth-order valence-electron chi connectivity index (χ4n) is 3.51. The molecule has 0 saturated carbocycles. The number of ether oxygens (including phenoxy) is 2. The third-order valence-corrected chi connectivity index (χ3v) is 6.83. The Kier molecular flexibility index (Phi) is 11.9.